The quantitative estimate of drug-likeness (QED) is 0.220. The minimum Gasteiger partial charge on any atom is -0.494 e. The number of fused-ring (bicyclic) bond motifs is 1. The number of nitrogens with one attached hydrogen (secondary N) is 1. The Hall–Kier alpha value is -2.87. The third-order valence-corrected chi connectivity index (χ3v) is 7.37. The van der Waals surface area contributed by atoms with E-state index in [2.05, 4.69) is 59.0 Å². The van der Waals surface area contributed by atoms with E-state index in [0.717, 1.165) is 49.3 Å². The van der Waals surface area contributed by atoms with Gasteiger partial charge in [-0.3, -0.25) is 0 Å². The fourth-order valence-corrected chi connectivity index (χ4v) is 4.95. The van der Waals surface area contributed by atoms with E-state index in [9.17, 15) is 5.11 Å². The number of aliphatic hydroxyl groups excluding tert-OH is 1. The summed E-state index contributed by atoms with van der Waals surface area (Å²) in [5.74, 6) is 2.66. The SMILES string of the molecule is COCCC(Oc1cccc(CO)c1C)c1cc(OC)c2[nH]c(-c3ccc(C(C)C)cc3)nc2c1Br. The lowest BCUT2D eigenvalue weighted by Gasteiger charge is -2.23. The zero-order valence-corrected chi connectivity index (χ0v) is 23.0. The van der Waals surface area contributed by atoms with Crippen LogP contribution in [-0.4, -0.2) is 35.9 Å². The number of hydrogen-bond donors (Lipinski definition) is 2. The van der Waals surface area contributed by atoms with Crippen molar-refractivity contribution >= 4 is 27.0 Å². The van der Waals surface area contributed by atoms with E-state index >= 15 is 0 Å². The van der Waals surface area contributed by atoms with Crippen LogP contribution in [0.4, 0.5) is 0 Å². The summed E-state index contributed by atoms with van der Waals surface area (Å²) in [6, 6.07) is 16.2. The van der Waals surface area contributed by atoms with Gasteiger partial charge in [-0.2, -0.15) is 0 Å². The molecule has 0 aliphatic heterocycles. The molecule has 1 aromatic heterocycles. The first kappa shape index (κ1) is 26.2. The van der Waals surface area contributed by atoms with Crippen LogP contribution in [0, 0.1) is 6.92 Å². The van der Waals surface area contributed by atoms with Gasteiger partial charge >= 0.3 is 0 Å². The molecule has 4 rings (SSSR count). The Morgan fingerprint density at radius 2 is 1.81 bits per heavy atom. The summed E-state index contributed by atoms with van der Waals surface area (Å²) in [5.41, 5.74) is 6.56. The van der Waals surface area contributed by atoms with Crippen LogP contribution in [0.3, 0.4) is 0 Å². The average molecular weight is 553 g/mol. The first-order valence-electron chi connectivity index (χ1n) is 12.1. The molecule has 0 fully saturated rings. The molecule has 4 aromatic rings. The fraction of sp³-hybridized carbons (Fsp3) is 0.345. The van der Waals surface area contributed by atoms with Gasteiger partial charge < -0.3 is 24.3 Å². The van der Waals surface area contributed by atoms with Crippen molar-refractivity contribution in [2.75, 3.05) is 20.8 Å². The highest BCUT2D eigenvalue weighted by Gasteiger charge is 2.24. The third-order valence-electron chi connectivity index (χ3n) is 6.54. The van der Waals surface area contributed by atoms with Gasteiger partial charge in [-0.25, -0.2) is 4.98 Å². The first-order chi connectivity index (χ1) is 17.4. The number of H-pyrrole nitrogens is 1. The molecule has 1 atom stereocenters. The molecular weight excluding hydrogens is 520 g/mol. The highest BCUT2D eigenvalue weighted by molar-refractivity contribution is 9.10. The van der Waals surface area contributed by atoms with E-state index in [1.165, 1.54) is 5.56 Å². The van der Waals surface area contributed by atoms with Gasteiger partial charge in [0.05, 0.1) is 24.8 Å². The Kier molecular flexibility index (Phi) is 8.34. The molecule has 0 spiro atoms. The van der Waals surface area contributed by atoms with Crippen molar-refractivity contribution in [3.8, 4) is 22.9 Å². The number of nitrogens with zero attached hydrogens (tertiary/aromatic N) is 1. The maximum Gasteiger partial charge on any atom is 0.145 e. The maximum atomic E-state index is 9.69. The lowest BCUT2D eigenvalue weighted by atomic mass is 10.0. The predicted octanol–water partition coefficient (Wildman–Crippen LogP) is 7.08. The van der Waals surface area contributed by atoms with E-state index in [4.69, 9.17) is 19.2 Å². The van der Waals surface area contributed by atoms with Crippen LogP contribution in [0.1, 0.15) is 54.5 Å². The number of imidazole rings is 1. The van der Waals surface area contributed by atoms with Crippen molar-refractivity contribution in [1.29, 1.82) is 0 Å². The van der Waals surface area contributed by atoms with Crippen molar-refractivity contribution in [2.24, 2.45) is 0 Å². The van der Waals surface area contributed by atoms with Crippen molar-refractivity contribution in [3.05, 3.63) is 75.3 Å². The van der Waals surface area contributed by atoms with Crippen molar-refractivity contribution < 1.29 is 19.3 Å². The van der Waals surface area contributed by atoms with Crippen LogP contribution in [-0.2, 0) is 11.3 Å². The number of benzene rings is 3. The molecule has 36 heavy (non-hydrogen) atoms. The minimum absolute atomic E-state index is 0.0383. The molecule has 1 heterocycles. The van der Waals surface area contributed by atoms with E-state index in [0.29, 0.717) is 24.7 Å². The molecule has 3 aromatic carbocycles. The van der Waals surface area contributed by atoms with E-state index in [-0.39, 0.29) is 12.7 Å². The van der Waals surface area contributed by atoms with Crippen LogP contribution in [0.25, 0.3) is 22.4 Å². The summed E-state index contributed by atoms with van der Waals surface area (Å²) in [4.78, 5) is 8.38. The molecule has 0 bridgehead atoms. The molecule has 0 aliphatic rings. The normalized spacial score (nSPS) is 12.3. The summed E-state index contributed by atoms with van der Waals surface area (Å²) in [6.07, 6.45) is 0.302. The Morgan fingerprint density at radius 1 is 1.06 bits per heavy atom. The molecule has 0 amide bonds. The Morgan fingerprint density at radius 3 is 2.44 bits per heavy atom. The van der Waals surface area contributed by atoms with E-state index < -0.39 is 0 Å². The molecule has 7 heteroatoms. The van der Waals surface area contributed by atoms with Gasteiger partial charge in [-0.1, -0.05) is 50.2 Å². The van der Waals surface area contributed by atoms with Crippen molar-refractivity contribution in [3.63, 3.8) is 0 Å². The van der Waals surface area contributed by atoms with Crippen LogP contribution < -0.4 is 9.47 Å². The van der Waals surface area contributed by atoms with Gasteiger partial charge in [-0.05, 0) is 57.6 Å². The van der Waals surface area contributed by atoms with E-state index in [1.807, 2.05) is 31.2 Å². The molecule has 2 N–H and O–H groups in total. The molecule has 190 valence electrons. The molecule has 0 radical (unpaired) electrons. The largest absolute Gasteiger partial charge is 0.494 e. The predicted molar refractivity (Wildman–Crippen MR) is 147 cm³/mol. The highest BCUT2D eigenvalue weighted by atomic mass is 79.9. The van der Waals surface area contributed by atoms with Gasteiger partial charge in [0.1, 0.15) is 34.5 Å². The second kappa shape index (κ2) is 11.5. The maximum absolute atomic E-state index is 9.69. The van der Waals surface area contributed by atoms with Crippen LogP contribution in [0.2, 0.25) is 0 Å². The molecule has 0 saturated heterocycles. The average Bonchev–Trinajstić information content (AvgIpc) is 3.34. The second-order valence-corrected chi connectivity index (χ2v) is 9.95. The number of aromatic nitrogens is 2. The Labute approximate surface area is 220 Å². The summed E-state index contributed by atoms with van der Waals surface area (Å²) in [5, 5.41) is 9.69. The number of ether oxygens (including phenoxy) is 3. The van der Waals surface area contributed by atoms with Gasteiger partial charge in [-0.15, -0.1) is 0 Å². The summed E-state index contributed by atoms with van der Waals surface area (Å²) in [7, 11) is 3.34. The standard InChI is InChI=1S/C29H33BrN2O4/c1-17(2)19-9-11-20(12-10-19)29-31-27-25(35-5)15-22(26(30)28(27)32-29)24(13-14-34-4)36-23-8-6-7-21(16-33)18(23)3/h6-12,15,17,24,33H,13-14,16H2,1-5H3,(H,31,32). The summed E-state index contributed by atoms with van der Waals surface area (Å²) in [6.45, 7) is 6.80. The van der Waals surface area contributed by atoms with Crippen LogP contribution >= 0.6 is 15.9 Å². The highest BCUT2D eigenvalue weighted by Crippen LogP contribution is 2.41. The number of halogens is 1. The Bertz CT molecular complexity index is 1330. The van der Waals surface area contributed by atoms with Gasteiger partial charge in [0.2, 0.25) is 0 Å². The molecule has 6 nitrogen and oxygen atoms in total. The molecule has 1 unspecified atom stereocenters. The molecule has 0 saturated carbocycles. The molecular formula is C29H33BrN2O4. The topological polar surface area (TPSA) is 76.6 Å². The second-order valence-electron chi connectivity index (χ2n) is 9.15. The first-order valence-corrected chi connectivity index (χ1v) is 12.9. The van der Waals surface area contributed by atoms with E-state index in [1.54, 1.807) is 14.2 Å². The Balaban J connectivity index is 1.78. The van der Waals surface area contributed by atoms with Gasteiger partial charge in [0, 0.05) is 24.7 Å². The zero-order valence-electron chi connectivity index (χ0n) is 21.4. The third kappa shape index (κ3) is 5.28. The minimum atomic E-state index is -0.323. The number of aromatic amines is 1. The van der Waals surface area contributed by atoms with Gasteiger partial charge in [0.25, 0.3) is 0 Å². The smallest absolute Gasteiger partial charge is 0.145 e. The number of methoxy groups -OCH3 is 2. The van der Waals surface area contributed by atoms with Crippen LogP contribution in [0.5, 0.6) is 11.5 Å². The van der Waals surface area contributed by atoms with Crippen LogP contribution in [0.15, 0.2) is 53.0 Å². The van der Waals surface area contributed by atoms with Crippen molar-refractivity contribution in [1.82, 2.24) is 9.97 Å². The summed E-state index contributed by atoms with van der Waals surface area (Å²) >= 11 is 3.82. The fourth-order valence-electron chi connectivity index (χ4n) is 4.30. The van der Waals surface area contributed by atoms with Gasteiger partial charge in [0.15, 0.2) is 0 Å². The molecule has 0 aliphatic carbocycles. The number of hydrogen-bond acceptors (Lipinski definition) is 5. The number of aliphatic hydroxyl groups is 1. The lowest BCUT2D eigenvalue weighted by Crippen LogP contribution is -2.13. The zero-order chi connectivity index (χ0) is 25.8. The number of rotatable bonds is 10. The summed E-state index contributed by atoms with van der Waals surface area (Å²) < 4.78 is 18.5. The lowest BCUT2D eigenvalue weighted by molar-refractivity contribution is 0.125. The van der Waals surface area contributed by atoms with Crippen molar-refractivity contribution in [2.45, 2.75) is 45.8 Å². The monoisotopic (exact) mass is 552 g/mol.